The van der Waals surface area contributed by atoms with Crippen LogP contribution in [0, 0.1) is 0 Å². The second kappa shape index (κ2) is 8.88. The largest absolute Gasteiger partial charge is 0.452 e. The minimum atomic E-state index is -0.464. The molecule has 0 aromatic heterocycles. The van der Waals surface area contributed by atoms with E-state index in [1.165, 1.54) is 16.3 Å². The van der Waals surface area contributed by atoms with E-state index in [4.69, 9.17) is 4.74 Å². The lowest BCUT2D eigenvalue weighted by Crippen LogP contribution is -2.49. The normalized spacial score (nSPS) is 14.7. The summed E-state index contributed by atoms with van der Waals surface area (Å²) in [5.41, 5.74) is 1.76. The highest BCUT2D eigenvalue weighted by atomic mass is 16.5. The maximum Gasteiger partial charge on any atom is 0.338 e. The van der Waals surface area contributed by atoms with Gasteiger partial charge in [-0.1, -0.05) is 60.7 Å². The van der Waals surface area contributed by atoms with Gasteiger partial charge in [0.15, 0.2) is 6.61 Å². The van der Waals surface area contributed by atoms with Crippen LogP contribution >= 0.6 is 0 Å². The maximum atomic E-state index is 12.4. The molecule has 5 nitrogen and oxygen atoms in total. The van der Waals surface area contributed by atoms with Crippen LogP contribution < -0.4 is 0 Å². The van der Waals surface area contributed by atoms with Gasteiger partial charge in [0.25, 0.3) is 5.91 Å². The zero-order chi connectivity index (χ0) is 20.1. The van der Waals surface area contributed by atoms with Crippen LogP contribution in [0.4, 0.5) is 0 Å². The highest BCUT2D eigenvalue weighted by Gasteiger charge is 2.22. The van der Waals surface area contributed by atoms with Gasteiger partial charge in [-0.25, -0.2) is 4.79 Å². The number of esters is 1. The zero-order valence-electron chi connectivity index (χ0n) is 16.3. The Hall–Kier alpha value is -3.18. The first-order valence-corrected chi connectivity index (χ1v) is 9.89. The van der Waals surface area contributed by atoms with Crippen molar-refractivity contribution < 1.29 is 14.3 Å². The van der Waals surface area contributed by atoms with Gasteiger partial charge in [0.2, 0.25) is 0 Å². The van der Waals surface area contributed by atoms with Gasteiger partial charge in [0.05, 0.1) is 5.56 Å². The number of carbonyl (C=O) groups is 2. The third-order valence-corrected chi connectivity index (χ3v) is 5.34. The molecule has 29 heavy (non-hydrogen) atoms. The number of fused-ring (bicyclic) bond motifs is 1. The maximum absolute atomic E-state index is 12.4. The lowest BCUT2D eigenvalue weighted by atomic mass is 10.0. The number of nitrogens with zero attached hydrogens (tertiary/aromatic N) is 2. The Bertz CT molecular complexity index is 990. The highest BCUT2D eigenvalue weighted by molar-refractivity contribution is 5.91. The fourth-order valence-corrected chi connectivity index (χ4v) is 3.70. The average Bonchev–Trinajstić information content (AvgIpc) is 2.78. The molecule has 4 rings (SSSR count). The van der Waals surface area contributed by atoms with Gasteiger partial charge in [-0.2, -0.15) is 0 Å². The number of ether oxygens (including phenoxy) is 1. The van der Waals surface area contributed by atoms with E-state index in [0.29, 0.717) is 18.7 Å². The molecule has 0 N–H and O–H groups in total. The number of hydrogen-bond acceptors (Lipinski definition) is 4. The topological polar surface area (TPSA) is 49.9 Å². The fraction of sp³-hybridized carbons (Fsp3) is 0.250. The van der Waals surface area contributed by atoms with Crippen LogP contribution in [-0.2, 0) is 16.1 Å². The van der Waals surface area contributed by atoms with Crippen LogP contribution in [0.25, 0.3) is 10.8 Å². The minimum Gasteiger partial charge on any atom is -0.452 e. The predicted molar refractivity (Wildman–Crippen MR) is 113 cm³/mol. The molecular formula is C24H24N2O3. The van der Waals surface area contributed by atoms with Gasteiger partial charge < -0.3 is 9.64 Å². The molecule has 0 saturated carbocycles. The van der Waals surface area contributed by atoms with Gasteiger partial charge in [-0.15, -0.1) is 0 Å². The van der Waals surface area contributed by atoms with Gasteiger partial charge in [-0.3, -0.25) is 9.69 Å². The Morgan fingerprint density at radius 1 is 0.793 bits per heavy atom. The molecule has 1 aliphatic rings. The summed E-state index contributed by atoms with van der Waals surface area (Å²) in [6.45, 7) is 3.56. The lowest BCUT2D eigenvalue weighted by molar-refractivity contribution is -0.136. The summed E-state index contributed by atoms with van der Waals surface area (Å²) in [6.07, 6.45) is 0. The van der Waals surface area contributed by atoms with Gasteiger partial charge in [0.1, 0.15) is 0 Å². The van der Waals surface area contributed by atoms with E-state index >= 15 is 0 Å². The molecule has 0 atom stereocenters. The summed E-state index contributed by atoms with van der Waals surface area (Å²) in [7, 11) is 0. The van der Waals surface area contributed by atoms with Crippen LogP contribution in [0.3, 0.4) is 0 Å². The number of hydrogen-bond donors (Lipinski definition) is 0. The molecule has 1 amide bonds. The monoisotopic (exact) mass is 388 g/mol. The Morgan fingerprint density at radius 3 is 2.28 bits per heavy atom. The third-order valence-electron chi connectivity index (χ3n) is 5.34. The van der Waals surface area contributed by atoms with Crippen molar-refractivity contribution in [3.63, 3.8) is 0 Å². The SMILES string of the molecule is O=C(OCC(=O)N1CCN(Cc2cccc3ccccc23)CC1)c1ccccc1. The van der Waals surface area contributed by atoms with E-state index in [0.717, 1.165) is 19.6 Å². The van der Waals surface area contributed by atoms with E-state index in [9.17, 15) is 9.59 Å². The van der Waals surface area contributed by atoms with Crippen molar-refractivity contribution in [1.29, 1.82) is 0 Å². The molecular weight excluding hydrogens is 364 g/mol. The van der Waals surface area contributed by atoms with E-state index in [1.54, 1.807) is 29.2 Å². The summed E-state index contributed by atoms with van der Waals surface area (Å²) in [5, 5.41) is 2.53. The van der Waals surface area contributed by atoms with Crippen molar-refractivity contribution in [1.82, 2.24) is 9.80 Å². The first-order valence-electron chi connectivity index (χ1n) is 9.89. The zero-order valence-corrected chi connectivity index (χ0v) is 16.3. The number of benzene rings is 3. The number of amides is 1. The third kappa shape index (κ3) is 4.63. The van der Waals surface area contributed by atoms with E-state index < -0.39 is 5.97 Å². The molecule has 0 radical (unpaired) electrons. The molecule has 1 aliphatic heterocycles. The molecule has 1 heterocycles. The molecule has 1 fully saturated rings. The Kier molecular flexibility index (Phi) is 5.86. The van der Waals surface area contributed by atoms with Crippen LogP contribution in [0.15, 0.2) is 72.8 Å². The number of rotatable bonds is 5. The first kappa shape index (κ1) is 19.2. The summed E-state index contributed by atoms with van der Waals surface area (Å²) in [4.78, 5) is 28.5. The molecule has 0 bridgehead atoms. The molecule has 148 valence electrons. The van der Waals surface area contributed by atoms with Crippen molar-refractivity contribution in [2.75, 3.05) is 32.8 Å². The second-order valence-corrected chi connectivity index (χ2v) is 7.24. The van der Waals surface area contributed by atoms with Crippen molar-refractivity contribution in [3.05, 3.63) is 83.9 Å². The molecule has 3 aromatic carbocycles. The van der Waals surface area contributed by atoms with Crippen molar-refractivity contribution in [3.8, 4) is 0 Å². The van der Waals surface area contributed by atoms with Gasteiger partial charge in [-0.05, 0) is 28.5 Å². The Labute approximate surface area is 170 Å². The first-order chi connectivity index (χ1) is 14.2. The number of piperazine rings is 1. The molecule has 0 unspecified atom stereocenters. The van der Waals surface area contributed by atoms with E-state index in [1.807, 2.05) is 6.07 Å². The van der Waals surface area contributed by atoms with E-state index in [2.05, 4.69) is 47.4 Å². The van der Waals surface area contributed by atoms with Crippen LogP contribution in [0.1, 0.15) is 15.9 Å². The molecule has 1 saturated heterocycles. The summed E-state index contributed by atoms with van der Waals surface area (Å²) in [6, 6.07) is 23.5. The summed E-state index contributed by atoms with van der Waals surface area (Å²) < 4.78 is 5.17. The smallest absolute Gasteiger partial charge is 0.338 e. The van der Waals surface area contributed by atoms with Crippen molar-refractivity contribution >= 4 is 22.6 Å². The number of carbonyl (C=O) groups excluding carboxylic acids is 2. The van der Waals surface area contributed by atoms with Crippen LogP contribution in [0.5, 0.6) is 0 Å². The summed E-state index contributed by atoms with van der Waals surface area (Å²) in [5.74, 6) is -0.604. The quantitative estimate of drug-likeness (QED) is 0.629. The van der Waals surface area contributed by atoms with Crippen LogP contribution in [-0.4, -0.2) is 54.5 Å². The lowest BCUT2D eigenvalue weighted by Gasteiger charge is -2.34. The average molecular weight is 388 g/mol. The van der Waals surface area contributed by atoms with Gasteiger partial charge >= 0.3 is 5.97 Å². The highest BCUT2D eigenvalue weighted by Crippen LogP contribution is 2.20. The predicted octanol–water partition coefficient (Wildman–Crippen LogP) is 3.34. The molecule has 0 spiro atoms. The Balaban J connectivity index is 1.28. The minimum absolute atomic E-state index is 0.140. The second-order valence-electron chi connectivity index (χ2n) is 7.24. The van der Waals surface area contributed by atoms with Crippen molar-refractivity contribution in [2.24, 2.45) is 0 Å². The van der Waals surface area contributed by atoms with Gasteiger partial charge in [0, 0.05) is 32.7 Å². The fourth-order valence-electron chi connectivity index (χ4n) is 3.70. The Morgan fingerprint density at radius 2 is 1.48 bits per heavy atom. The molecule has 0 aliphatic carbocycles. The standard InChI is InChI=1S/C24H24N2O3/c27-23(18-29-24(28)20-8-2-1-3-9-20)26-15-13-25(14-16-26)17-21-11-6-10-19-7-4-5-12-22(19)21/h1-12H,13-18H2. The van der Waals surface area contributed by atoms with Crippen LogP contribution in [0.2, 0.25) is 0 Å². The van der Waals surface area contributed by atoms with E-state index in [-0.39, 0.29) is 12.5 Å². The molecule has 3 aromatic rings. The molecule has 5 heteroatoms. The summed E-state index contributed by atoms with van der Waals surface area (Å²) >= 11 is 0. The van der Waals surface area contributed by atoms with Crippen molar-refractivity contribution in [2.45, 2.75) is 6.54 Å².